The topological polar surface area (TPSA) is 43.8 Å². The van der Waals surface area contributed by atoms with E-state index < -0.39 is 0 Å². The number of nitrogens with two attached hydrogens (primary N) is 1. The first kappa shape index (κ1) is 11.6. The molecule has 1 fully saturated rings. The zero-order valence-electron chi connectivity index (χ0n) is 10.4. The first-order chi connectivity index (χ1) is 7.66. The molecule has 1 unspecified atom stereocenters. The van der Waals surface area contributed by atoms with Crippen LogP contribution in [0.1, 0.15) is 51.3 Å². The second-order valence-corrected chi connectivity index (χ2v) is 5.27. The molecule has 0 aliphatic heterocycles. The van der Waals surface area contributed by atoms with E-state index in [0.717, 1.165) is 18.8 Å². The molecule has 1 saturated carbocycles. The Morgan fingerprint density at radius 2 is 2.25 bits per heavy atom. The lowest BCUT2D eigenvalue weighted by atomic mass is 10.1. The van der Waals surface area contributed by atoms with Crippen LogP contribution in [0.2, 0.25) is 0 Å². The van der Waals surface area contributed by atoms with Crippen molar-refractivity contribution in [3.63, 3.8) is 0 Å². The average molecular weight is 221 g/mol. The van der Waals surface area contributed by atoms with Gasteiger partial charge in [0.25, 0.3) is 0 Å². The Hall–Kier alpha value is -0.830. The Balaban J connectivity index is 1.71. The minimum atomic E-state index is 0.437. The molecule has 1 aromatic heterocycles. The fourth-order valence-corrected chi connectivity index (χ4v) is 2.08. The third-order valence-corrected chi connectivity index (χ3v) is 3.39. The largest absolute Gasteiger partial charge is 0.327 e. The monoisotopic (exact) mass is 221 g/mol. The van der Waals surface area contributed by atoms with E-state index >= 15 is 0 Å². The van der Waals surface area contributed by atoms with Crippen LogP contribution in [0, 0.1) is 5.92 Å². The Morgan fingerprint density at radius 1 is 1.50 bits per heavy atom. The van der Waals surface area contributed by atoms with Gasteiger partial charge < -0.3 is 5.73 Å². The smallest absolute Gasteiger partial charge is 0.0624 e. The zero-order valence-corrected chi connectivity index (χ0v) is 10.4. The van der Waals surface area contributed by atoms with Crippen molar-refractivity contribution in [2.45, 2.75) is 58.0 Å². The molecule has 2 rings (SSSR count). The van der Waals surface area contributed by atoms with Gasteiger partial charge in [-0.3, -0.25) is 4.68 Å². The zero-order chi connectivity index (χ0) is 11.5. The molecule has 1 aliphatic carbocycles. The highest BCUT2D eigenvalue weighted by Crippen LogP contribution is 2.33. The maximum absolute atomic E-state index is 6.07. The van der Waals surface area contributed by atoms with Gasteiger partial charge in [-0.15, -0.1) is 0 Å². The molecule has 90 valence electrons. The van der Waals surface area contributed by atoms with E-state index in [9.17, 15) is 0 Å². The fourth-order valence-electron chi connectivity index (χ4n) is 2.08. The summed E-state index contributed by atoms with van der Waals surface area (Å²) in [5.41, 5.74) is 7.28. The van der Waals surface area contributed by atoms with Gasteiger partial charge >= 0.3 is 0 Å². The van der Waals surface area contributed by atoms with Gasteiger partial charge in [-0.05, 0) is 57.9 Å². The molecule has 3 heteroatoms. The summed E-state index contributed by atoms with van der Waals surface area (Å²) < 4.78 is 2.02. The molecule has 0 saturated heterocycles. The van der Waals surface area contributed by atoms with Gasteiger partial charge in [-0.2, -0.15) is 5.10 Å². The summed E-state index contributed by atoms with van der Waals surface area (Å²) in [7, 11) is 0. The highest BCUT2D eigenvalue weighted by molar-refractivity contribution is 4.99. The summed E-state index contributed by atoms with van der Waals surface area (Å²) in [4.78, 5) is 0. The van der Waals surface area contributed by atoms with Crippen LogP contribution in [-0.4, -0.2) is 15.8 Å². The summed E-state index contributed by atoms with van der Waals surface area (Å²) in [5, 5.41) is 4.54. The van der Waals surface area contributed by atoms with Gasteiger partial charge in [0.15, 0.2) is 0 Å². The Bertz CT molecular complexity index is 326. The molecule has 0 amide bonds. The molecular formula is C13H23N3. The summed E-state index contributed by atoms with van der Waals surface area (Å²) in [6.07, 6.45) is 8.17. The molecule has 3 nitrogen and oxygen atoms in total. The van der Waals surface area contributed by atoms with Crippen LogP contribution in [0.25, 0.3) is 0 Å². The van der Waals surface area contributed by atoms with Crippen LogP contribution in [-0.2, 0) is 6.42 Å². The molecular weight excluding hydrogens is 198 g/mol. The molecule has 0 bridgehead atoms. The molecule has 1 atom stereocenters. The molecule has 16 heavy (non-hydrogen) atoms. The number of aromatic nitrogens is 2. The molecule has 0 aromatic carbocycles. The molecule has 0 spiro atoms. The highest BCUT2D eigenvalue weighted by atomic mass is 15.3. The van der Waals surface area contributed by atoms with Crippen molar-refractivity contribution in [2.75, 3.05) is 0 Å². The van der Waals surface area contributed by atoms with Crippen molar-refractivity contribution in [1.82, 2.24) is 9.78 Å². The number of aryl methyl sites for hydroxylation is 1. The first-order valence-corrected chi connectivity index (χ1v) is 6.46. The van der Waals surface area contributed by atoms with Crippen LogP contribution in [0.4, 0.5) is 0 Å². The molecule has 1 heterocycles. The molecule has 1 aromatic rings. The van der Waals surface area contributed by atoms with E-state index in [0.29, 0.717) is 12.1 Å². The van der Waals surface area contributed by atoms with Gasteiger partial charge in [0.2, 0.25) is 0 Å². The van der Waals surface area contributed by atoms with Gasteiger partial charge in [-0.1, -0.05) is 0 Å². The second kappa shape index (κ2) is 5.00. The van der Waals surface area contributed by atoms with Crippen molar-refractivity contribution in [1.29, 1.82) is 0 Å². The maximum Gasteiger partial charge on any atom is 0.0624 e. The normalized spacial score (nSPS) is 18.0. The van der Waals surface area contributed by atoms with E-state index in [4.69, 9.17) is 5.73 Å². The Morgan fingerprint density at radius 3 is 2.81 bits per heavy atom. The van der Waals surface area contributed by atoms with E-state index in [-0.39, 0.29) is 0 Å². The van der Waals surface area contributed by atoms with Gasteiger partial charge in [0.05, 0.1) is 5.69 Å². The van der Waals surface area contributed by atoms with Crippen LogP contribution in [0.5, 0.6) is 0 Å². The predicted octanol–water partition coefficient (Wildman–Crippen LogP) is 2.52. The predicted molar refractivity (Wildman–Crippen MR) is 66.2 cm³/mol. The van der Waals surface area contributed by atoms with Crippen molar-refractivity contribution >= 4 is 0 Å². The van der Waals surface area contributed by atoms with Crippen LogP contribution in [0.15, 0.2) is 12.3 Å². The van der Waals surface area contributed by atoms with Crippen molar-refractivity contribution in [2.24, 2.45) is 11.7 Å². The van der Waals surface area contributed by atoms with Crippen LogP contribution >= 0.6 is 0 Å². The Kier molecular flexibility index (Phi) is 3.64. The first-order valence-electron chi connectivity index (χ1n) is 6.46. The maximum atomic E-state index is 6.07. The van der Waals surface area contributed by atoms with Crippen molar-refractivity contribution in [3.8, 4) is 0 Å². The number of nitrogens with zero attached hydrogens (tertiary/aromatic N) is 2. The van der Waals surface area contributed by atoms with Gasteiger partial charge in [0, 0.05) is 18.3 Å². The lowest BCUT2D eigenvalue weighted by molar-refractivity contribution is 0.510. The SMILES string of the molecule is CC(C)n1ccc(CCCC(N)C2CC2)n1. The molecule has 0 radical (unpaired) electrons. The highest BCUT2D eigenvalue weighted by Gasteiger charge is 2.27. The lowest BCUT2D eigenvalue weighted by Gasteiger charge is -2.08. The summed E-state index contributed by atoms with van der Waals surface area (Å²) >= 11 is 0. The van der Waals surface area contributed by atoms with Crippen LogP contribution in [0.3, 0.4) is 0 Å². The minimum absolute atomic E-state index is 0.437. The second-order valence-electron chi connectivity index (χ2n) is 5.27. The number of hydrogen-bond donors (Lipinski definition) is 1. The summed E-state index contributed by atoms with van der Waals surface area (Å²) in [6.45, 7) is 4.31. The quantitative estimate of drug-likeness (QED) is 0.802. The Labute approximate surface area is 98.0 Å². The molecule has 1 aliphatic rings. The number of rotatable bonds is 6. The third kappa shape index (κ3) is 3.08. The fraction of sp³-hybridized carbons (Fsp3) is 0.769. The van der Waals surface area contributed by atoms with E-state index in [1.165, 1.54) is 25.0 Å². The number of hydrogen-bond acceptors (Lipinski definition) is 2. The summed E-state index contributed by atoms with van der Waals surface area (Å²) in [6, 6.07) is 3.03. The minimum Gasteiger partial charge on any atom is -0.327 e. The average Bonchev–Trinajstić information content (AvgIpc) is 2.98. The lowest BCUT2D eigenvalue weighted by Crippen LogP contribution is -2.22. The third-order valence-electron chi connectivity index (χ3n) is 3.39. The standard InChI is InChI=1S/C13H23N3/c1-10(2)16-9-8-12(15-16)4-3-5-13(14)11-6-7-11/h8-11,13H,3-7,14H2,1-2H3. The van der Waals surface area contributed by atoms with E-state index in [1.807, 2.05) is 4.68 Å². The van der Waals surface area contributed by atoms with Crippen LogP contribution < -0.4 is 5.73 Å². The van der Waals surface area contributed by atoms with E-state index in [1.54, 1.807) is 0 Å². The summed E-state index contributed by atoms with van der Waals surface area (Å²) in [5.74, 6) is 0.827. The van der Waals surface area contributed by atoms with Gasteiger partial charge in [-0.25, -0.2) is 0 Å². The van der Waals surface area contributed by atoms with E-state index in [2.05, 4.69) is 31.2 Å². The van der Waals surface area contributed by atoms with Crippen molar-refractivity contribution < 1.29 is 0 Å². The molecule has 2 N–H and O–H groups in total. The van der Waals surface area contributed by atoms with Gasteiger partial charge in [0.1, 0.15) is 0 Å². The van der Waals surface area contributed by atoms with Crippen molar-refractivity contribution in [3.05, 3.63) is 18.0 Å².